The van der Waals surface area contributed by atoms with Crippen LogP contribution in [0.2, 0.25) is 0 Å². The second-order valence-corrected chi connectivity index (χ2v) is 2.44. The van der Waals surface area contributed by atoms with Gasteiger partial charge < -0.3 is 5.11 Å². The summed E-state index contributed by atoms with van der Waals surface area (Å²) in [4.78, 5) is 10.3. The van der Waals surface area contributed by atoms with Crippen molar-refractivity contribution >= 4 is 5.97 Å². The molecule has 2 heteroatoms. The van der Waals surface area contributed by atoms with Crippen molar-refractivity contribution < 1.29 is 9.90 Å². The Bertz CT molecular complexity index is 158. The van der Waals surface area contributed by atoms with E-state index in [1.807, 2.05) is 13.0 Å². The molecule has 0 saturated heterocycles. The Kier molecular flexibility index (Phi) is 1.56. The third-order valence-electron chi connectivity index (χ3n) is 1.74. The highest BCUT2D eigenvalue weighted by Gasteiger charge is 2.19. The maximum absolute atomic E-state index is 10.3. The minimum Gasteiger partial charge on any atom is -0.478 e. The number of rotatable bonds is 1. The van der Waals surface area contributed by atoms with E-state index >= 15 is 0 Å². The molecule has 1 N–H and O–H groups in total. The van der Waals surface area contributed by atoms with Crippen LogP contribution in [0, 0.1) is 5.92 Å². The predicted octanol–water partition coefficient (Wildman–Crippen LogP) is 1.43. The van der Waals surface area contributed by atoms with Crippen LogP contribution in [0.25, 0.3) is 0 Å². The van der Waals surface area contributed by atoms with Gasteiger partial charge in [-0.2, -0.15) is 0 Å². The summed E-state index contributed by atoms with van der Waals surface area (Å²) < 4.78 is 0. The maximum Gasteiger partial charge on any atom is 0.331 e. The van der Waals surface area contributed by atoms with Crippen LogP contribution in [0.4, 0.5) is 0 Å². The van der Waals surface area contributed by atoms with Gasteiger partial charge in [0, 0.05) is 5.57 Å². The van der Waals surface area contributed by atoms with Gasteiger partial charge in [-0.25, -0.2) is 4.79 Å². The number of hydrogen-bond acceptors (Lipinski definition) is 1. The van der Waals surface area contributed by atoms with E-state index in [0.717, 1.165) is 12.8 Å². The van der Waals surface area contributed by atoms with Gasteiger partial charge in [-0.3, -0.25) is 0 Å². The molecule has 0 spiro atoms. The molecule has 0 aliphatic heterocycles. The third kappa shape index (κ3) is 1.12. The number of carbonyl (C=O) groups is 1. The Morgan fingerprint density at radius 1 is 1.89 bits per heavy atom. The summed E-state index contributed by atoms with van der Waals surface area (Å²) in [6, 6.07) is 0. The fourth-order valence-electron chi connectivity index (χ4n) is 1.14. The maximum atomic E-state index is 10.3. The van der Waals surface area contributed by atoms with Crippen molar-refractivity contribution in [3.63, 3.8) is 0 Å². The average molecular weight is 126 g/mol. The highest BCUT2D eigenvalue weighted by Crippen LogP contribution is 2.24. The number of allylic oxidation sites excluding steroid dienone is 1. The van der Waals surface area contributed by atoms with Crippen LogP contribution < -0.4 is 0 Å². The molecule has 1 aliphatic carbocycles. The number of carboxylic acid groups (broad SMARTS) is 1. The van der Waals surface area contributed by atoms with E-state index in [1.54, 1.807) is 0 Å². The Morgan fingerprint density at radius 2 is 2.56 bits per heavy atom. The molecule has 1 atom stereocenters. The molecule has 0 unspecified atom stereocenters. The van der Waals surface area contributed by atoms with E-state index in [0.29, 0.717) is 5.57 Å². The van der Waals surface area contributed by atoms with Crippen LogP contribution >= 0.6 is 0 Å². The SMILES string of the molecule is C[C@H]1CCC=C1C(=O)O. The topological polar surface area (TPSA) is 37.3 Å². The van der Waals surface area contributed by atoms with Crippen LogP contribution in [0.1, 0.15) is 19.8 Å². The van der Waals surface area contributed by atoms with Crippen molar-refractivity contribution in [3.05, 3.63) is 11.6 Å². The Labute approximate surface area is 54.2 Å². The average Bonchev–Trinajstić information content (AvgIpc) is 2.13. The molecular weight excluding hydrogens is 116 g/mol. The Hall–Kier alpha value is -0.790. The molecule has 0 radical (unpaired) electrons. The zero-order valence-corrected chi connectivity index (χ0v) is 5.42. The number of aliphatic carboxylic acids is 1. The summed E-state index contributed by atoms with van der Waals surface area (Å²) >= 11 is 0. The minimum atomic E-state index is -0.750. The largest absolute Gasteiger partial charge is 0.478 e. The van der Waals surface area contributed by atoms with Crippen molar-refractivity contribution in [1.29, 1.82) is 0 Å². The summed E-state index contributed by atoms with van der Waals surface area (Å²) in [5.74, 6) is -0.484. The van der Waals surface area contributed by atoms with Crippen LogP contribution in [0.3, 0.4) is 0 Å². The fourth-order valence-corrected chi connectivity index (χ4v) is 1.14. The summed E-state index contributed by atoms with van der Waals surface area (Å²) in [6.07, 6.45) is 3.75. The first-order chi connectivity index (χ1) is 4.22. The minimum absolute atomic E-state index is 0.266. The van der Waals surface area contributed by atoms with Crippen molar-refractivity contribution in [2.75, 3.05) is 0 Å². The second kappa shape index (κ2) is 2.21. The van der Waals surface area contributed by atoms with E-state index in [1.165, 1.54) is 0 Å². The van der Waals surface area contributed by atoms with Gasteiger partial charge in [-0.05, 0) is 18.8 Å². The summed E-state index contributed by atoms with van der Waals surface area (Å²) in [6.45, 7) is 1.95. The first kappa shape index (κ1) is 6.33. The summed E-state index contributed by atoms with van der Waals surface area (Å²) in [7, 11) is 0. The highest BCUT2D eigenvalue weighted by atomic mass is 16.4. The predicted molar refractivity (Wildman–Crippen MR) is 34.1 cm³/mol. The Morgan fingerprint density at radius 3 is 2.78 bits per heavy atom. The molecule has 0 fully saturated rings. The van der Waals surface area contributed by atoms with E-state index in [-0.39, 0.29) is 5.92 Å². The van der Waals surface area contributed by atoms with Gasteiger partial charge in [0.2, 0.25) is 0 Å². The third-order valence-corrected chi connectivity index (χ3v) is 1.74. The summed E-state index contributed by atoms with van der Waals surface area (Å²) in [5, 5.41) is 8.52. The molecule has 1 aliphatic rings. The van der Waals surface area contributed by atoms with E-state index in [2.05, 4.69) is 0 Å². The number of hydrogen-bond donors (Lipinski definition) is 1. The lowest BCUT2D eigenvalue weighted by Gasteiger charge is -2.00. The molecule has 50 valence electrons. The summed E-state index contributed by atoms with van der Waals surface area (Å²) in [5.41, 5.74) is 0.593. The molecule has 0 amide bonds. The van der Waals surface area contributed by atoms with Crippen molar-refractivity contribution in [2.24, 2.45) is 5.92 Å². The molecule has 0 bridgehead atoms. The molecule has 0 saturated carbocycles. The van der Waals surface area contributed by atoms with Gasteiger partial charge in [-0.15, -0.1) is 0 Å². The highest BCUT2D eigenvalue weighted by molar-refractivity contribution is 5.87. The molecule has 0 aromatic heterocycles. The molecule has 2 nitrogen and oxygen atoms in total. The number of carboxylic acids is 1. The van der Waals surface area contributed by atoms with Gasteiger partial charge in [0.05, 0.1) is 0 Å². The lowest BCUT2D eigenvalue weighted by molar-refractivity contribution is -0.133. The van der Waals surface area contributed by atoms with Crippen molar-refractivity contribution in [2.45, 2.75) is 19.8 Å². The first-order valence-electron chi connectivity index (χ1n) is 3.15. The second-order valence-electron chi connectivity index (χ2n) is 2.44. The van der Waals surface area contributed by atoms with Gasteiger partial charge in [0.25, 0.3) is 0 Å². The van der Waals surface area contributed by atoms with E-state index < -0.39 is 5.97 Å². The smallest absolute Gasteiger partial charge is 0.331 e. The zero-order valence-electron chi connectivity index (χ0n) is 5.42. The zero-order chi connectivity index (χ0) is 6.85. The standard InChI is InChI=1S/C7H10O2/c1-5-3-2-4-6(5)7(8)9/h4-5H,2-3H2,1H3,(H,8,9)/t5-/m0/s1. The van der Waals surface area contributed by atoms with Gasteiger partial charge in [0.1, 0.15) is 0 Å². The van der Waals surface area contributed by atoms with Crippen LogP contribution in [0.15, 0.2) is 11.6 Å². The normalized spacial score (nSPS) is 25.9. The molecule has 1 rings (SSSR count). The molecule has 0 heterocycles. The lowest BCUT2D eigenvalue weighted by atomic mass is 10.1. The van der Waals surface area contributed by atoms with Crippen LogP contribution in [0.5, 0.6) is 0 Å². The van der Waals surface area contributed by atoms with Gasteiger partial charge in [0.15, 0.2) is 0 Å². The van der Waals surface area contributed by atoms with Crippen molar-refractivity contribution in [3.8, 4) is 0 Å². The van der Waals surface area contributed by atoms with Gasteiger partial charge in [-0.1, -0.05) is 13.0 Å². The van der Waals surface area contributed by atoms with Crippen molar-refractivity contribution in [1.82, 2.24) is 0 Å². The van der Waals surface area contributed by atoms with E-state index in [4.69, 9.17) is 5.11 Å². The molecule has 0 aromatic rings. The van der Waals surface area contributed by atoms with Crippen LogP contribution in [-0.4, -0.2) is 11.1 Å². The van der Waals surface area contributed by atoms with Crippen LogP contribution in [-0.2, 0) is 4.79 Å². The van der Waals surface area contributed by atoms with Gasteiger partial charge >= 0.3 is 5.97 Å². The first-order valence-corrected chi connectivity index (χ1v) is 3.15. The quantitative estimate of drug-likeness (QED) is 0.577. The molecule has 0 aromatic carbocycles. The fraction of sp³-hybridized carbons (Fsp3) is 0.571. The monoisotopic (exact) mass is 126 g/mol. The van der Waals surface area contributed by atoms with E-state index in [9.17, 15) is 4.79 Å². The molecule has 9 heavy (non-hydrogen) atoms. The lowest BCUT2D eigenvalue weighted by Crippen LogP contribution is -2.04. The Balaban J connectivity index is 2.68. The molecular formula is C7H10O2.